The van der Waals surface area contributed by atoms with Crippen molar-refractivity contribution in [2.45, 2.75) is 19.3 Å². The standard InChI is InChI=1S/C45H30ClNO2S/c1-45(2)35-11-5-3-9-32(35)33-21-19-30(25-36(33)45)47(31-20-22-40-41(26-31)49-39-13-7-6-12-38(39)48-40)37-23-28(27-15-17-29(46)18-16-27)24-43-44(37)34-10-4-8-14-42(34)50-43/h3-26H,1-2H3. The number of hydrogen-bond acceptors (Lipinski definition) is 4. The van der Waals surface area contributed by atoms with E-state index in [1.54, 1.807) is 0 Å². The third-order valence-electron chi connectivity index (χ3n) is 10.2. The van der Waals surface area contributed by atoms with Crippen molar-refractivity contribution in [2.75, 3.05) is 4.90 Å². The van der Waals surface area contributed by atoms with E-state index in [9.17, 15) is 0 Å². The van der Waals surface area contributed by atoms with Crippen molar-refractivity contribution < 1.29 is 9.47 Å². The molecule has 0 unspecified atom stereocenters. The molecule has 0 atom stereocenters. The van der Waals surface area contributed by atoms with Gasteiger partial charge in [-0.15, -0.1) is 11.3 Å². The van der Waals surface area contributed by atoms with Gasteiger partial charge in [0.05, 0.1) is 11.4 Å². The van der Waals surface area contributed by atoms with Crippen molar-refractivity contribution in [3.8, 4) is 45.3 Å². The number of nitrogens with zero attached hydrogens (tertiary/aromatic N) is 1. The minimum absolute atomic E-state index is 0.153. The summed E-state index contributed by atoms with van der Waals surface area (Å²) in [6, 6.07) is 51.3. The number of hydrogen-bond donors (Lipinski definition) is 0. The van der Waals surface area contributed by atoms with E-state index in [4.69, 9.17) is 21.1 Å². The van der Waals surface area contributed by atoms with Crippen LogP contribution in [0.5, 0.6) is 23.0 Å². The maximum absolute atomic E-state index is 6.47. The van der Waals surface area contributed by atoms with Gasteiger partial charge < -0.3 is 14.4 Å². The Bertz CT molecular complexity index is 2660. The van der Waals surface area contributed by atoms with Gasteiger partial charge in [0.1, 0.15) is 0 Å². The van der Waals surface area contributed by atoms with Gasteiger partial charge in [0.25, 0.3) is 0 Å². The van der Waals surface area contributed by atoms with E-state index >= 15 is 0 Å². The van der Waals surface area contributed by atoms with Crippen LogP contribution in [0.3, 0.4) is 0 Å². The first-order valence-electron chi connectivity index (χ1n) is 16.8. The van der Waals surface area contributed by atoms with Crippen LogP contribution in [0.15, 0.2) is 146 Å². The van der Waals surface area contributed by atoms with Gasteiger partial charge in [-0.3, -0.25) is 0 Å². The summed E-state index contributed by atoms with van der Waals surface area (Å²) in [5.41, 5.74) is 10.5. The molecule has 0 radical (unpaired) electrons. The first-order valence-corrected chi connectivity index (χ1v) is 18.0. The fourth-order valence-electron chi connectivity index (χ4n) is 7.73. The zero-order valence-electron chi connectivity index (χ0n) is 27.4. The van der Waals surface area contributed by atoms with Gasteiger partial charge in [0, 0.05) is 42.4 Å². The molecule has 50 heavy (non-hydrogen) atoms. The summed E-state index contributed by atoms with van der Waals surface area (Å²) < 4.78 is 15.2. The van der Waals surface area contributed by atoms with Crippen molar-refractivity contribution in [3.05, 3.63) is 162 Å². The third kappa shape index (κ3) is 4.49. The topological polar surface area (TPSA) is 21.7 Å². The van der Waals surface area contributed by atoms with Crippen LogP contribution in [0.25, 0.3) is 42.4 Å². The lowest BCUT2D eigenvalue weighted by Crippen LogP contribution is -2.16. The third-order valence-corrected chi connectivity index (χ3v) is 11.5. The molecule has 2 aliphatic rings. The summed E-state index contributed by atoms with van der Waals surface area (Å²) in [5, 5.41) is 3.17. The van der Waals surface area contributed by atoms with Gasteiger partial charge in [-0.2, -0.15) is 0 Å². The van der Waals surface area contributed by atoms with Crippen molar-refractivity contribution in [1.29, 1.82) is 0 Å². The molecule has 10 rings (SSSR count). The molecule has 240 valence electrons. The Kier molecular flexibility index (Phi) is 6.45. The van der Waals surface area contributed by atoms with Gasteiger partial charge >= 0.3 is 0 Å². The highest BCUT2D eigenvalue weighted by atomic mass is 35.5. The monoisotopic (exact) mass is 683 g/mol. The average molecular weight is 684 g/mol. The number of benzene rings is 7. The average Bonchev–Trinajstić information content (AvgIpc) is 3.63. The summed E-state index contributed by atoms with van der Waals surface area (Å²) in [5.74, 6) is 2.79. The molecule has 0 saturated carbocycles. The normalized spacial score (nSPS) is 13.6. The fraction of sp³-hybridized carbons (Fsp3) is 0.0667. The minimum atomic E-state index is -0.153. The molecule has 0 spiro atoms. The van der Waals surface area contributed by atoms with Crippen LogP contribution in [-0.4, -0.2) is 0 Å². The molecule has 0 saturated heterocycles. The van der Waals surface area contributed by atoms with E-state index in [0.717, 1.165) is 33.2 Å². The number of thiophene rings is 1. The van der Waals surface area contributed by atoms with E-state index in [0.29, 0.717) is 23.0 Å². The second-order valence-electron chi connectivity index (χ2n) is 13.5. The number of fused-ring (bicyclic) bond motifs is 8. The summed E-state index contributed by atoms with van der Waals surface area (Å²) in [6.07, 6.45) is 0. The molecule has 0 amide bonds. The zero-order chi connectivity index (χ0) is 33.6. The van der Waals surface area contributed by atoms with Gasteiger partial charge in [-0.25, -0.2) is 0 Å². The highest BCUT2D eigenvalue weighted by molar-refractivity contribution is 7.26. The lowest BCUT2D eigenvalue weighted by Gasteiger charge is -2.30. The smallest absolute Gasteiger partial charge is 0.172 e. The molecule has 0 fully saturated rings. The van der Waals surface area contributed by atoms with Crippen LogP contribution in [-0.2, 0) is 5.41 Å². The van der Waals surface area contributed by atoms with E-state index in [1.807, 2.05) is 53.8 Å². The predicted octanol–water partition coefficient (Wildman–Crippen LogP) is 14.0. The SMILES string of the molecule is CC1(C)c2ccccc2-c2ccc(N(c3ccc4c(c3)Oc3ccccc3O4)c3cc(-c4ccc(Cl)cc4)cc4sc5ccccc5c34)cc21. The molecular formula is C45H30ClNO2S. The summed E-state index contributed by atoms with van der Waals surface area (Å²) >= 11 is 8.18. The Morgan fingerprint density at radius 2 is 1.20 bits per heavy atom. The Balaban J connectivity index is 1.25. The molecule has 1 aliphatic carbocycles. The second kappa shape index (κ2) is 11.0. The van der Waals surface area contributed by atoms with Crippen molar-refractivity contribution in [2.24, 2.45) is 0 Å². The van der Waals surface area contributed by atoms with Gasteiger partial charge in [0.15, 0.2) is 23.0 Å². The molecule has 7 aromatic carbocycles. The molecule has 0 N–H and O–H groups in total. The molecule has 1 aromatic heterocycles. The fourth-order valence-corrected chi connectivity index (χ4v) is 9.02. The highest BCUT2D eigenvalue weighted by Gasteiger charge is 2.36. The molecule has 8 aromatic rings. The lowest BCUT2D eigenvalue weighted by molar-refractivity contribution is 0.360. The summed E-state index contributed by atoms with van der Waals surface area (Å²) in [4.78, 5) is 2.39. The molecule has 5 heteroatoms. The number of rotatable bonds is 4. The maximum Gasteiger partial charge on any atom is 0.172 e. The second-order valence-corrected chi connectivity index (χ2v) is 15.0. The number of para-hydroxylation sites is 2. The quantitative estimate of drug-likeness (QED) is 0.184. The van der Waals surface area contributed by atoms with Gasteiger partial charge in [-0.1, -0.05) is 98.2 Å². The van der Waals surface area contributed by atoms with Crippen LogP contribution < -0.4 is 14.4 Å². The minimum Gasteiger partial charge on any atom is -0.450 e. The van der Waals surface area contributed by atoms with Gasteiger partial charge in [-0.05, 0) is 100 Å². The van der Waals surface area contributed by atoms with Crippen LogP contribution in [0.4, 0.5) is 17.1 Å². The lowest BCUT2D eigenvalue weighted by atomic mass is 9.82. The largest absolute Gasteiger partial charge is 0.450 e. The Morgan fingerprint density at radius 3 is 2.04 bits per heavy atom. The predicted molar refractivity (Wildman–Crippen MR) is 209 cm³/mol. The molecule has 2 heterocycles. The zero-order valence-corrected chi connectivity index (χ0v) is 29.0. The summed E-state index contributed by atoms with van der Waals surface area (Å²) in [7, 11) is 0. The Hall–Kier alpha value is -5.55. The maximum atomic E-state index is 6.47. The van der Waals surface area contributed by atoms with Crippen molar-refractivity contribution in [3.63, 3.8) is 0 Å². The Morgan fingerprint density at radius 1 is 0.540 bits per heavy atom. The van der Waals surface area contributed by atoms with Crippen LogP contribution in [0.1, 0.15) is 25.0 Å². The van der Waals surface area contributed by atoms with Crippen LogP contribution >= 0.6 is 22.9 Å². The van der Waals surface area contributed by atoms with E-state index < -0.39 is 0 Å². The first-order chi connectivity index (χ1) is 24.4. The van der Waals surface area contributed by atoms with E-state index in [2.05, 4.69) is 122 Å². The highest BCUT2D eigenvalue weighted by Crippen LogP contribution is 2.54. The Labute approximate surface area is 299 Å². The number of anilines is 3. The summed E-state index contributed by atoms with van der Waals surface area (Å²) in [6.45, 7) is 4.66. The molecule has 3 nitrogen and oxygen atoms in total. The van der Waals surface area contributed by atoms with Crippen LogP contribution in [0.2, 0.25) is 5.02 Å². The molecule has 1 aliphatic heterocycles. The van der Waals surface area contributed by atoms with Gasteiger partial charge in [0.2, 0.25) is 0 Å². The van der Waals surface area contributed by atoms with Crippen molar-refractivity contribution in [1.82, 2.24) is 0 Å². The first kappa shape index (κ1) is 29.4. The van der Waals surface area contributed by atoms with Crippen molar-refractivity contribution >= 4 is 60.2 Å². The molecular weight excluding hydrogens is 654 g/mol. The molecule has 0 bridgehead atoms. The van der Waals surface area contributed by atoms with Crippen LogP contribution in [0, 0.1) is 0 Å². The van der Waals surface area contributed by atoms with E-state index in [1.165, 1.54) is 42.4 Å². The number of ether oxygens (including phenoxy) is 2. The number of halogens is 1. The van der Waals surface area contributed by atoms with E-state index in [-0.39, 0.29) is 5.41 Å².